The van der Waals surface area contributed by atoms with Gasteiger partial charge in [0.05, 0.1) is 11.4 Å². The van der Waals surface area contributed by atoms with E-state index in [-0.39, 0.29) is 17.5 Å². The van der Waals surface area contributed by atoms with E-state index in [1.165, 1.54) is 6.92 Å². The standard InChI is InChI=1S/C20H27N5O2/c1-5-16-17(6-2)25-20(18(24-16)19(21)27)23-15-9-7-8-14(10-15)12(3)11-22-13(4)26/h7-10,12H,5-6,11H2,1-4H3,(H2,21,27)(H,22,26)(H,23,25)/t12-/m0/s1. The maximum Gasteiger partial charge on any atom is 0.271 e. The molecule has 1 atom stereocenters. The third kappa shape index (κ3) is 5.26. The Hall–Kier alpha value is -2.96. The first-order valence-corrected chi connectivity index (χ1v) is 9.16. The number of aryl methyl sites for hydroxylation is 2. The van der Waals surface area contributed by atoms with Gasteiger partial charge in [0.1, 0.15) is 0 Å². The summed E-state index contributed by atoms with van der Waals surface area (Å²) >= 11 is 0. The molecule has 27 heavy (non-hydrogen) atoms. The Labute approximate surface area is 159 Å². The molecule has 7 heteroatoms. The lowest BCUT2D eigenvalue weighted by Gasteiger charge is -2.16. The highest BCUT2D eigenvalue weighted by atomic mass is 16.1. The summed E-state index contributed by atoms with van der Waals surface area (Å²) in [6.45, 7) is 8.06. The zero-order chi connectivity index (χ0) is 20.0. The summed E-state index contributed by atoms with van der Waals surface area (Å²) in [5.41, 5.74) is 9.12. The van der Waals surface area contributed by atoms with Gasteiger partial charge in [0, 0.05) is 19.2 Å². The van der Waals surface area contributed by atoms with Crippen molar-refractivity contribution in [2.75, 3.05) is 11.9 Å². The summed E-state index contributed by atoms with van der Waals surface area (Å²) in [5.74, 6) is -0.160. The summed E-state index contributed by atoms with van der Waals surface area (Å²) in [6, 6.07) is 7.77. The number of nitrogens with two attached hydrogens (primary N) is 1. The Bertz CT molecular complexity index is 835. The van der Waals surface area contributed by atoms with Crippen LogP contribution < -0.4 is 16.4 Å². The van der Waals surface area contributed by atoms with Gasteiger partial charge in [-0.15, -0.1) is 0 Å². The maximum absolute atomic E-state index is 11.8. The molecule has 0 unspecified atom stereocenters. The van der Waals surface area contributed by atoms with Crippen LogP contribution in [-0.2, 0) is 17.6 Å². The first kappa shape index (κ1) is 20.4. The number of primary amides is 1. The number of carbonyl (C=O) groups is 2. The van der Waals surface area contributed by atoms with Gasteiger partial charge in [-0.05, 0) is 36.5 Å². The Kier molecular flexibility index (Phi) is 6.87. The number of aromatic nitrogens is 2. The van der Waals surface area contributed by atoms with Gasteiger partial charge >= 0.3 is 0 Å². The molecule has 1 aromatic carbocycles. The molecule has 0 fully saturated rings. The second-order valence-electron chi connectivity index (χ2n) is 6.47. The summed E-state index contributed by atoms with van der Waals surface area (Å²) in [4.78, 5) is 32.0. The quantitative estimate of drug-likeness (QED) is 0.663. The predicted molar refractivity (Wildman–Crippen MR) is 106 cm³/mol. The molecule has 0 radical (unpaired) electrons. The molecule has 144 valence electrons. The van der Waals surface area contributed by atoms with E-state index in [1.54, 1.807) is 0 Å². The summed E-state index contributed by atoms with van der Waals surface area (Å²) in [6.07, 6.45) is 1.41. The molecule has 0 aliphatic carbocycles. The van der Waals surface area contributed by atoms with Crippen LogP contribution in [0.5, 0.6) is 0 Å². The highest BCUT2D eigenvalue weighted by molar-refractivity contribution is 5.96. The van der Waals surface area contributed by atoms with E-state index in [1.807, 2.05) is 45.0 Å². The first-order valence-electron chi connectivity index (χ1n) is 9.16. The van der Waals surface area contributed by atoms with E-state index in [0.29, 0.717) is 18.8 Å². The number of carbonyl (C=O) groups excluding carboxylic acids is 2. The molecule has 0 saturated heterocycles. The van der Waals surface area contributed by atoms with Crippen LogP contribution in [-0.4, -0.2) is 28.3 Å². The monoisotopic (exact) mass is 369 g/mol. The number of nitrogens with zero attached hydrogens (tertiary/aromatic N) is 2. The molecule has 1 aromatic heterocycles. The van der Waals surface area contributed by atoms with Crippen molar-refractivity contribution in [3.63, 3.8) is 0 Å². The number of anilines is 2. The van der Waals surface area contributed by atoms with Crippen LogP contribution in [0.25, 0.3) is 0 Å². The molecule has 7 nitrogen and oxygen atoms in total. The summed E-state index contributed by atoms with van der Waals surface area (Å²) < 4.78 is 0. The Balaban J connectivity index is 2.32. The second kappa shape index (κ2) is 9.12. The van der Waals surface area contributed by atoms with Gasteiger partial charge in [-0.25, -0.2) is 9.97 Å². The molecular formula is C20H27N5O2. The van der Waals surface area contributed by atoms with E-state index in [0.717, 1.165) is 29.1 Å². The molecule has 1 heterocycles. The highest BCUT2D eigenvalue weighted by Gasteiger charge is 2.17. The molecular weight excluding hydrogens is 342 g/mol. The van der Waals surface area contributed by atoms with Gasteiger partial charge in [0.15, 0.2) is 11.5 Å². The molecule has 2 amide bonds. The number of rotatable bonds is 8. The fourth-order valence-electron chi connectivity index (χ4n) is 2.80. The fourth-order valence-corrected chi connectivity index (χ4v) is 2.80. The van der Waals surface area contributed by atoms with E-state index < -0.39 is 5.91 Å². The van der Waals surface area contributed by atoms with E-state index >= 15 is 0 Å². The SMILES string of the molecule is CCc1nc(Nc2cccc([C@@H](C)CNC(C)=O)c2)c(C(N)=O)nc1CC. The smallest absolute Gasteiger partial charge is 0.271 e. The van der Waals surface area contributed by atoms with Crippen molar-refractivity contribution in [1.82, 2.24) is 15.3 Å². The molecule has 4 N–H and O–H groups in total. The van der Waals surface area contributed by atoms with Gasteiger partial charge in [-0.3, -0.25) is 9.59 Å². The van der Waals surface area contributed by atoms with Gasteiger partial charge in [-0.2, -0.15) is 0 Å². The minimum atomic E-state index is -0.613. The topological polar surface area (TPSA) is 110 Å². The molecule has 0 bridgehead atoms. The van der Waals surface area contributed by atoms with Crippen molar-refractivity contribution >= 4 is 23.3 Å². The van der Waals surface area contributed by atoms with Crippen LogP contribution in [0.4, 0.5) is 11.5 Å². The van der Waals surface area contributed by atoms with Crippen molar-refractivity contribution in [3.8, 4) is 0 Å². The van der Waals surface area contributed by atoms with Gasteiger partial charge in [0.2, 0.25) is 5.91 Å². The van der Waals surface area contributed by atoms with Crippen LogP contribution in [0.3, 0.4) is 0 Å². The molecule has 0 aliphatic rings. The molecule has 0 aliphatic heterocycles. The average Bonchev–Trinajstić information content (AvgIpc) is 2.65. The number of benzene rings is 1. The van der Waals surface area contributed by atoms with E-state index in [2.05, 4.69) is 20.6 Å². The second-order valence-corrected chi connectivity index (χ2v) is 6.47. The molecule has 0 spiro atoms. The normalized spacial score (nSPS) is 11.7. The lowest BCUT2D eigenvalue weighted by molar-refractivity contribution is -0.119. The van der Waals surface area contributed by atoms with E-state index in [9.17, 15) is 9.59 Å². The molecule has 2 aromatic rings. The zero-order valence-corrected chi connectivity index (χ0v) is 16.3. The molecule has 0 saturated carbocycles. The van der Waals surface area contributed by atoms with Crippen LogP contribution in [0.15, 0.2) is 24.3 Å². The van der Waals surface area contributed by atoms with Gasteiger partial charge in [-0.1, -0.05) is 32.9 Å². The van der Waals surface area contributed by atoms with Crippen LogP contribution in [0.1, 0.15) is 61.1 Å². The van der Waals surface area contributed by atoms with Crippen LogP contribution >= 0.6 is 0 Å². The first-order chi connectivity index (χ1) is 12.8. The van der Waals surface area contributed by atoms with E-state index in [4.69, 9.17) is 5.73 Å². The lowest BCUT2D eigenvalue weighted by atomic mass is 10.0. The van der Waals surface area contributed by atoms with Crippen molar-refractivity contribution < 1.29 is 9.59 Å². The third-order valence-corrected chi connectivity index (χ3v) is 4.33. The number of hydrogen-bond acceptors (Lipinski definition) is 5. The zero-order valence-electron chi connectivity index (χ0n) is 16.3. The van der Waals surface area contributed by atoms with Gasteiger partial charge in [0.25, 0.3) is 5.91 Å². The highest BCUT2D eigenvalue weighted by Crippen LogP contribution is 2.23. The Morgan fingerprint density at radius 1 is 1.15 bits per heavy atom. The van der Waals surface area contributed by atoms with Crippen molar-refractivity contribution in [3.05, 3.63) is 46.9 Å². The van der Waals surface area contributed by atoms with Gasteiger partial charge < -0.3 is 16.4 Å². The van der Waals surface area contributed by atoms with Crippen molar-refractivity contribution in [1.29, 1.82) is 0 Å². The number of nitrogens with one attached hydrogen (secondary N) is 2. The third-order valence-electron chi connectivity index (χ3n) is 4.33. The summed E-state index contributed by atoms with van der Waals surface area (Å²) in [5, 5.41) is 6.00. The van der Waals surface area contributed by atoms with Crippen molar-refractivity contribution in [2.45, 2.75) is 46.5 Å². The van der Waals surface area contributed by atoms with Crippen LogP contribution in [0.2, 0.25) is 0 Å². The predicted octanol–water partition coefficient (Wildman–Crippen LogP) is 2.68. The maximum atomic E-state index is 11.8. The van der Waals surface area contributed by atoms with Crippen LogP contribution in [0, 0.1) is 0 Å². The minimum absolute atomic E-state index is 0.0550. The number of amides is 2. The largest absolute Gasteiger partial charge is 0.364 e. The fraction of sp³-hybridized carbons (Fsp3) is 0.400. The lowest BCUT2D eigenvalue weighted by Crippen LogP contribution is -2.24. The minimum Gasteiger partial charge on any atom is -0.364 e. The summed E-state index contributed by atoms with van der Waals surface area (Å²) in [7, 11) is 0. The number of hydrogen-bond donors (Lipinski definition) is 3. The Morgan fingerprint density at radius 3 is 2.41 bits per heavy atom. The Morgan fingerprint density at radius 2 is 1.81 bits per heavy atom. The van der Waals surface area contributed by atoms with Crippen molar-refractivity contribution in [2.24, 2.45) is 5.73 Å². The average molecular weight is 369 g/mol. The molecule has 2 rings (SSSR count).